The zero-order valence-electron chi connectivity index (χ0n) is 17.2. The molecule has 31 heavy (non-hydrogen) atoms. The first-order valence-electron chi connectivity index (χ1n) is 9.84. The van der Waals surface area contributed by atoms with E-state index in [1.54, 1.807) is 38.4 Å². The Labute approximate surface area is 178 Å². The summed E-state index contributed by atoms with van der Waals surface area (Å²) in [5.41, 5.74) is 4.29. The molecule has 1 aromatic carbocycles. The Balaban J connectivity index is 1.50. The van der Waals surface area contributed by atoms with E-state index in [0.717, 1.165) is 22.0 Å². The van der Waals surface area contributed by atoms with Crippen LogP contribution in [0, 0.1) is 12.9 Å². The molecule has 0 radical (unpaired) electrons. The summed E-state index contributed by atoms with van der Waals surface area (Å²) in [6.45, 7) is 2.28. The summed E-state index contributed by atoms with van der Waals surface area (Å²) in [5.74, 6) is 0.0346. The van der Waals surface area contributed by atoms with E-state index in [1.165, 1.54) is 12.5 Å². The molecule has 0 aliphatic rings. The number of fused-ring (bicyclic) bond motifs is 1. The van der Waals surface area contributed by atoms with Crippen molar-refractivity contribution >= 4 is 22.6 Å². The molecule has 8 heteroatoms. The zero-order valence-corrected chi connectivity index (χ0v) is 17.2. The second-order valence-corrected chi connectivity index (χ2v) is 7.05. The Morgan fingerprint density at radius 2 is 1.97 bits per heavy atom. The van der Waals surface area contributed by atoms with Crippen LogP contribution in [0.25, 0.3) is 22.2 Å². The smallest absolute Gasteiger partial charge is 0.251 e. The second-order valence-electron chi connectivity index (χ2n) is 7.05. The number of carbonyl (C=O) groups is 1. The van der Waals surface area contributed by atoms with Crippen molar-refractivity contribution in [2.75, 3.05) is 18.9 Å². The number of pyridine rings is 2. The highest BCUT2D eigenvalue weighted by atomic mass is 19.1. The van der Waals surface area contributed by atoms with Gasteiger partial charge in [0.15, 0.2) is 0 Å². The maximum absolute atomic E-state index is 13.4. The maximum Gasteiger partial charge on any atom is 0.251 e. The number of hydrogen-bond donors (Lipinski definition) is 2. The van der Waals surface area contributed by atoms with Gasteiger partial charge in [0, 0.05) is 48.6 Å². The minimum absolute atomic E-state index is 0.137. The number of benzene rings is 1. The fourth-order valence-corrected chi connectivity index (χ4v) is 3.41. The molecule has 0 aliphatic carbocycles. The van der Waals surface area contributed by atoms with Crippen LogP contribution in [0.1, 0.15) is 21.5 Å². The maximum atomic E-state index is 13.4. The number of amides is 1. The van der Waals surface area contributed by atoms with E-state index >= 15 is 0 Å². The van der Waals surface area contributed by atoms with Crippen molar-refractivity contribution in [3.05, 3.63) is 77.8 Å². The number of nitrogens with zero attached hydrogens (tertiary/aromatic N) is 4. The molecule has 0 unspecified atom stereocenters. The molecule has 0 aliphatic heterocycles. The van der Waals surface area contributed by atoms with Gasteiger partial charge in [0.25, 0.3) is 5.91 Å². The standard InChI is InChI=1S/C23H21FN6O/c1-14-10-16(12-28-22(14)24)19-11-20(30-13-29-19)26-8-6-15-4-3-5-17-18(23(31)25-2)7-9-27-21(15)17/h3-5,7,9-13H,6,8H2,1-2H3,(H,25,31)(H,26,29,30). The molecule has 0 bridgehead atoms. The molecule has 1 amide bonds. The molecule has 7 nitrogen and oxygen atoms in total. The number of nitrogens with one attached hydrogen (secondary N) is 2. The minimum atomic E-state index is -0.487. The molecule has 3 heterocycles. The monoisotopic (exact) mass is 416 g/mol. The van der Waals surface area contributed by atoms with Crippen molar-refractivity contribution in [1.82, 2.24) is 25.3 Å². The highest BCUT2D eigenvalue weighted by Gasteiger charge is 2.11. The topological polar surface area (TPSA) is 92.7 Å². The highest BCUT2D eigenvalue weighted by molar-refractivity contribution is 6.06. The minimum Gasteiger partial charge on any atom is -0.370 e. The first-order chi connectivity index (χ1) is 15.1. The fourth-order valence-electron chi connectivity index (χ4n) is 3.41. The average molecular weight is 416 g/mol. The van der Waals surface area contributed by atoms with Crippen LogP contribution in [-0.4, -0.2) is 39.4 Å². The number of carbonyl (C=O) groups excluding carboxylic acids is 1. The number of anilines is 1. The average Bonchev–Trinajstić information content (AvgIpc) is 2.80. The first-order valence-corrected chi connectivity index (χ1v) is 9.84. The van der Waals surface area contributed by atoms with E-state index in [1.807, 2.05) is 18.2 Å². The third-order valence-corrected chi connectivity index (χ3v) is 5.00. The van der Waals surface area contributed by atoms with Gasteiger partial charge in [0.05, 0.1) is 16.8 Å². The van der Waals surface area contributed by atoms with Gasteiger partial charge in [-0.25, -0.2) is 15.0 Å². The summed E-state index contributed by atoms with van der Waals surface area (Å²) in [6.07, 6.45) is 5.27. The lowest BCUT2D eigenvalue weighted by molar-refractivity contribution is 0.0964. The summed E-state index contributed by atoms with van der Waals surface area (Å²) < 4.78 is 13.4. The van der Waals surface area contributed by atoms with Gasteiger partial charge >= 0.3 is 0 Å². The summed E-state index contributed by atoms with van der Waals surface area (Å²) in [7, 11) is 1.61. The van der Waals surface area contributed by atoms with E-state index in [9.17, 15) is 9.18 Å². The number of aromatic nitrogens is 4. The predicted molar refractivity (Wildman–Crippen MR) is 117 cm³/mol. The summed E-state index contributed by atoms with van der Waals surface area (Å²) in [5, 5.41) is 6.78. The number of para-hydroxylation sites is 1. The Kier molecular flexibility index (Phi) is 5.79. The van der Waals surface area contributed by atoms with Gasteiger partial charge < -0.3 is 10.6 Å². The van der Waals surface area contributed by atoms with Crippen LogP contribution in [-0.2, 0) is 6.42 Å². The van der Waals surface area contributed by atoms with Gasteiger partial charge in [0.2, 0.25) is 5.95 Å². The predicted octanol–water partition coefficient (Wildman–Crippen LogP) is 3.55. The molecule has 0 saturated heterocycles. The molecule has 2 N–H and O–H groups in total. The van der Waals surface area contributed by atoms with Gasteiger partial charge in [0.1, 0.15) is 12.1 Å². The van der Waals surface area contributed by atoms with Crippen molar-refractivity contribution in [2.45, 2.75) is 13.3 Å². The van der Waals surface area contributed by atoms with Gasteiger partial charge in [-0.2, -0.15) is 4.39 Å². The van der Waals surface area contributed by atoms with E-state index in [4.69, 9.17) is 0 Å². The molecule has 4 aromatic rings. The summed E-state index contributed by atoms with van der Waals surface area (Å²) in [6, 6.07) is 11.1. The Morgan fingerprint density at radius 1 is 1.10 bits per heavy atom. The lowest BCUT2D eigenvalue weighted by Gasteiger charge is -2.10. The number of halogens is 1. The normalized spacial score (nSPS) is 10.8. The van der Waals surface area contributed by atoms with Crippen molar-refractivity contribution in [1.29, 1.82) is 0 Å². The van der Waals surface area contributed by atoms with Gasteiger partial charge in [-0.1, -0.05) is 18.2 Å². The van der Waals surface area contributed by atoms with Crippen LogP contribution in [0.15, 0.2) is 55.1 Å². The van der Waals surface area contributed by atoms with E-state index in [-0.39, 0.29) is 5.91 Å². The third-order valence-electron chi connectivity index (χ3n) is 5.00. The van der Waals surface area contributed by atoms with E-state index in [0.29, 0.717) is 35.6 Å². The van der Waals surface area contributed by atoms with Crippen molar-refractivity contribution < 1.29 is 9.18 Å². The molecule has 3 aromatic heterocycles. The molecule has 0 fully saturated rings. The molecule has 4 rings (SSSR count). The van der Waals surface area contributed by atoms with E-state index in [2.05, 4.69) is 30.6 Å². The Hall–Kier alpha value is -3.94. The van der Waals surface area contributed by atoms with Crippen LogP contribution in [0.4, 0.5) is 10.2 Å². The van der Waals surface area contributed by atoms with Gasteiger partial charge in [-0.15, -0.1) is 0 Å². The highest BCUT2D eigenvalue weighted by Crippen LogP contribution is 2.22. The van der Waals surface area contributed by atoms with Crippen LogP contribution >= 0.6 is 0 Å². The van der Waals surface area contributed by atoms with Gasteiger partial charge in [-0.3, -0.25) is 9.78 Å². The third kappa shape index (κ3) is 4.32. The SMILES string of the molecule is CNC(=O)c1ccnc2c(CCNc3cc(-c4cnc(F)c(C)c4)ncn3)cccc12. The lowest BCUT2D eigenvalue weighted by Crippen LogP contribution is -2.18. The van der Waals surface area contributed by atoms with Crippen molar-refractivity contribution in [2.24, 2.45) is 0 Å². The fraction of sp³-hybridized carbons (Fsp3) is 0.174. The Bertz CT molecular complexity index is 1260. The lowest BCUT2D eigenvalue weighted by atomic mass is 10.0. The largest absolute Gasteiger partial charge is 0.370 e. The van der Waals surface area contributed by atoms with Crippen LogP contribution in [0.5, 0.6) is 0 Å². The molecule has 0 spiro atoms. The van der Waals surface area contributed by atoms with Crippen LogP contribution < -0.4 is 10.6 Å². The van der Waals surface area contributed by atoms with Crippen LogP contribution in [0.3, 0.4) is 0 Å². The summed E-state index contributed by atoms with van der Waals surface area (Å²) >= 11 is 0. The number of aryl methyl sites for hydroxylation is 1. The van der Waals surface area contributed by atoms with Crippen molar-refractivity contribution in [3.63, 3.8) is 0 Å². The first kappa shape index (κ1) is 20.3. The van der Waals surface area contributed by atoms with Gasteiger partial charge in [-0.05, 0) is 31.0 Å². The molecule has 156 valence electrons. The van der Waals surface area contributed by atoms with Crippen LogP contribution in [0.2, 0.25) is 0 Å². The number of rotatable bonds is 6. The molecular weight excluding hydrogens is 395 g/mol. The van der Waals surface area contributed by atoms with Crippen molar-refractivity contribution in [3.8, 4) is 11.3 Å². The quantitative estimate of drug-likeness (QED) is 0.467. The Morgan fingerprint density at radius 3 is 2.77 bits per heavy atom. The zero-order chi connectivity index (χ0) is 21.8. The molecular formula is C23H21FN6O. The van der Waals surface area contributed by atoms with E-state index < -0.39 is 5.95 Å². The molecule has 0 saturated carbocycles. The second kappa shape index (κ2) is 8.83. The summed E-state index contributed by atoms with van der Waals surface area (Å²) in [4.78, 5) is 28.9. The number of hydrogen-bond acceptors (Lipinski definition) is 6. The molecule has 0 atom stereocenters.